The van der Waals surface area contributed by atoms with E-state index in [0.29, 0.717) is 18.4 Å². The minimum absolute atomic E-state index is 0.344. The van der Waals surface area contributed by atoms with E-state index in [1.807, 2.05) is 25.1 Å². The van der Waals surface area contributed by atoms with Gasteiger partial charge >= 0.3 is 0 Å². The van der Waals surface area contributed by atoms with E-state index in [1.165, 1.54) is 24.3 Å². The zero-order valence-electron chi connectivity index (χ0n) is 14.4. The van der Waals surface area contributed by atoms with E-state index in [1.54, 1.807) is 6.92 Å². The molecule has 2 saturated heterocycles. The van der Waals surface area contributed by atoms with E-state index in [0.717, 1.165) is 0 Å². The molecule has 6 nitrogen and oxygen atoms in total. The van der Waals surface area contributed by atoms with Crippen LogP contribution in [0.5, 0.6) is 0 Å². The summed E-state index contributed by atoms with van der Waals surface area (Å²) >= 11 is 0. The summed E-state index contributed by atoms with van der Waals surface area (Å²) < 4.78 is 25.3. The van der Waals surface area contributed by atoms with E-state index in [-0.39, 0.29) is 0 Å². The second kappa shape index (κ2) is 5.80. The molecule has 1 aromatic rings. The third-order valence-corrected chi connectivity index (χ3v) is 5.58. The molecule has 0 aliphatic carbocycles. The average Bonchev–Trinajstić information content (AvgIpc) is 2.80. The highest BCUT2D eigenvalue weighted by Crippen LogP contribution is 2.65. The number of rotatable bonds is 3. The normalized spacial score (nSPS) is 34.2. The van der Waals surface area contributed by atoms with Crippen LogP contribution in [0.4, 0.5) is 4.39 Å². The largest absolute Gasteiger partial charge is 0.443 e. The van der Waals surface area contributed by atoms with Crippen molar-refractivity contribution in [3.8, 4) is 18.2 Å². The number of ether oxygens (including phenoxy) is 2. The molecule has 0 amide bonds. The molecule has 7 heteroatoms. The first-order valence-electron chi connectivity index (χ1n) is 8.34. The summed E-state index contributed by atoms with van der Waals surface area (Å²) in [4.78, 5) is 0. The third-order valence-electron chi connectivity index (χ3n) is 5.58. The van der Waals surface area contributed by atoms with Gasteiger partial charge in [-0.2, -0.15) is 15.8 Å². The number of nitrogens with one attached hydrogen (secondary N) is 1. The Kier molecular flexibility index (Phi) is 3.98. The molecule has 2 bridgehead atoms. The molecular formula is C19H17FN4O2. The van der Waals surface area contributed by atoms with Crippen LogP contribution in [0, 0.1) is 62.0 Å². The summed E-state index contributed by atoms with van der Waals surface area (Å²) in [6.07, 6.45) is 0.0290. The zero-order chi connectivity index (χ0) is 19.2. The molecule has 4 atom stereocenters. The Bertz CT molecular complexity index is 865. The van der Waals surface area contributed by atoms with Gasteiger partial charge < -0.3 is 9.47 Å². The van der Waals surface area contributed by atoms with Crippen molar-refractivity contribution in [2.75, 3.05) is 0 Å². The monoisotopic (exact) mass is 352 g/mol. The van der Waals surface area contributed by atoms with Crippen molar-refractivity contribution in [2.24, 2.45) is 16.7 Å². The molecule has 2 heterocycles. The number of nitriles is 3. The Morgan fingerprint density at radius 2 is 1.77 bits per heavy atom. The molecule has 1 aromatic carbocycles. The van der Waals surface area contributed by atoms with E-state index in [2.05, 4.69) is 0 Å². The van der Waals surface area contributed by atoms with E-state index >= 15 is 0 Å². The van der Waals surface area contributed by atoms with Crippen molar-refractivity contribution >= 4 is 5.90 Å². The van der Waals surface area contributed by atoms with Crippen LogP contribution in [0.25, 0.3) is 0 Å². The highest BCUT2D eigenvalue weighted by atomic mass is 19.1. The lowest BCUT2D eigenvalue weighted by Gasteiger charge is -2.48. The zero-order valence-corrected chi connectivity index (χ0v) is 14.4. The molecule has 0 aromatic heterocycles. The first-order valence-corrected chi connectivity index (χ1v) is 8.34. The Labute approximate surface area is 150 Å². The van der Waals surface area contributed by atoms with Crippen molar-refractivity contribution in [1.29, 1.82) is 21.2 Å². The van der Waals surface area contributed by atoms with Gasteiger partial charge in [0, 0.05) is 5.56 Å². The summed E-state index contributed by atoms with van der Waals surface area (Å²) in [5, 5.41) is 38.1. The topological polar surface area (TPSA) is 114 Å². The second-order valence-electron chi connectivity index (χ2n) is 6.67. The van der Waals surface area contributed by atoms with Crippen molar-refractivity contribution in [3.63, 3.8) is 0 Å². The van der Waals surface area contributed by atoms with Crippen LogP contribution in [0.3, 0.4) is 0 Å². The Morgan fingerprint density at radius 1 is 1.15 bits per heavy atom. The van der Waals surface area contributed by atoms with Crippen LogP contribution in [0.1, 0.15) is 32.3 Å². The second-order valence-corrected chi connectivity index (χ2v) is 6.67. The van der Waals surface area contributed by atoms with Gasteiger partial charge in [0.15, 0.2) is 10.8 Å². The Hall–Kier alpha value is -2.95. The Balaban J connectivity index is 2.29. The highest BCUT2D eigenvalue weighted by Gasteiger charge is 2.79. The predicted octanol–water partition coefficient (Wildman–Crippen LogP) is 3.36. The van der Waals surface area contributed by atoms with Crippen LogP contribution in [-0.2, 0) is 15.3 Å². The van der Waals surface area contributed by atoms with Gasteiger partial charge in [-0.1, -0.05) is 20.3 Å². The molecule has 1 N–H and O–H groups in total. The molecule has 3 rings (SSSR count). The van der Waals surface area contributed by atoms with Crippen LogP contribution < -0.4 is 0 Å². The molecule has 2 aliphatic rings. The number of benzene rings is 1. The van der Waals surface area contributed by atoms with Gasteiger partial charge in [-0.3, -0.25) is 5.41 Å². The fraction of sp³-hybridized carbons (Fsp3) is 0.474. The quantitative estimate of drug-likeness (QED) is 0.896. The lowest BCUT2D eigenvalue weighted by molar-refractivity contribution is -0.286. The summed E-state index contributed by atoms with van der Waals surface area (Å²) in [6, 6.07) is 11.4. The molecule has 0 radical (unpaired) electrons. The van der Waals surface area contributed by atoms with E-state index < -0.39 is 40.4 Å². The minimum Gasteiger partial charge on any atom is -0.443 e. The van der Waals surface area contributed by atoms with Gasteiger partial charge in [0.25, 0.3) is 0 Å². The molecule has 4 unspecified atom stereocenters. The molecule has 26 heavy (non-hydrogen) atoms. The van der Waals surface area contributed by atoms with Crippen LogP contribution in [0.15, 0.2) is 24.3 Å². The lowest BCUT2D eigenvalue weighted by Crippen LogP contribution is -2.60. The third kappa shape index (κ3) is 1.83. The van der Waals surface area contributed by atoms with E-state index in [9.17, 15) is 20.2 Å². The van der Waals surface area contributed by atoms with Gasteiger partial charge in [0.2, 0.25) is 11.7 Å². The fourth-order valence-electron chi connectivity index (χ4n) is 4.18. The van der Waals surface area contributed by atoms with Gasteiger partial charge in [0.05, 0.1) is 30.2 Å². The number of fused-ring (bicyclic) bond motifs is 2. The highest BCUT2D eigenvalue weighted by molar-refractivity contribution is 5.89. The van der Waals surface area contributed by atoms with Crippen LogP contribution >= 0.6 is 0 Å². The molecule has 0 spiro atoms. The first kappa shape index (κ1) is 17.9. The SMILES string of the molecule is CCCC1OC2(c3ccc(F)cc3)OC(=N)C(C#N)(C2C)C1(C#N)C#N. The summed E-state index contributed by atoms with van der Waals surface area (Å²) in [5.74, 6) is -3.23. The van der Waals surface area contributed by atoms with Crippen molar-refractivity contribution in [2.45, 2.75) is 38.6 Å². The smallest absolute Gasteiger partial charge is 0.243 e. The van der Waals surface area contributed by atoms with Gasteiger partial charge in [-0.15, -0.1) is 0 Å². The van der Waals surface area contributed by atoms with E-state index in [4.69, 9.17) is 14.9 Å². The van der Waals surface area contributed by atoms with Gasteiger partial charge in [-0.25, -0.2) is 4.39 Å². The molecule has 132 valence electrons. The Morgan fingerprint density at radius 3 is 2.27 bits per heavy atom. The fourth-order valence-corrected chi connectivity index (χ4v) is 4.18. The number of nitrogens with zero attached hydrogens (tertiary/aromatic N) is 3. The van der Waals surface area contributed by atoms with Crippen molar-refractivity contribution in [3.05, 3.63) is 35.6 Å². The predicted molar refractivity (Wildman–Crippen MR) is 87.5 cm³/mol. The summed E-state index contributed by atoms with van der Waals surface area (Å²) in [5.41, 5.74) is -3.20. The maximum atomic E-state index is 13.4. The van der Waals surface area contributed by atoms with Gasteiger partial charge in [0.1, 0.15) is 5.82 Å². The minimum atomic E-state index is -1.87. The maximum Gasteiger partial charge on any atom is 0.243 e. The lowest BCUT2D eigenvalue weighted by atomic mass is 9.53. The van der Waals surface area contributed by atoms with Crippen LogP contribution in [-0.4, -0.2) is 12.0 Å². The molecule has 2 aliphatic heterocycles. The first-order chi connectivity index (χ1) is 12.4. The molecule has 2 fully saturated rings. The van der Waals surface area contributed by atoms with Crippen LogP contribution in [0.2, 0.25) is 0 Å². The van der Waals surface area contributed by atoms with Crippen molar-refractivity contribution in [1.82, 2.24) is 0 Å². The number of halogens is 1. The summed E-state index contributed by atoms with van der Waals surface area (Å²) in [7, 11) is 0. The standard InChI is InChI=1S/C19H17FN4O2/c1-3-4-15-17(9-21,10-22)18(11-23)12(2)19(25-15,26-16(18)24)13-5-7-14(20)8-6-13/h5-8,12,15,24H,3-4H2,1-2H3. The van der Waals surface area contributed by atoms with Gasteiger partial charge in [-0.05, 0) is 30.7 Å². The molecular weight excluding hydrogens is 335 g/mol. The van der Waals surface area contributed by atoms with Crippen molar-refractivity contribution < 1.29 is 13.9 Å². The number of hydrogen-bond donors (Lipinski definition) is 1. The maximum absolute atomic E-state index is 13.4. The average molecular weight is 352 g/mol. The summed E-state index contributed by atoms with van der Waals surface area (Å²) in [6.45, 7) is 3.50. The number of hydrogen-bond acceptors (Lipinski definition) is 6. The molecule has 0 saturated carbocycles.